The van der Waals surface area contributed by atoms with Crippen LogP contribution in [-0.2, 0) is 5.41 Å². The lowest BCUT2D eigenvalue weighted by atomic mass is 9.79. The van der Waals surface area contributed by atoms with Gasteiger partial charge in [0.1, 0.15) is 0 Å². The summed E-state index contributed by atoms with van der Waals surface area (Å²) in [5, 5.41) is 5.85. The average Bonchev–Trinajstić information content (AvgIpc) is 3.65. The van der Waals surface area contributed by atoms with Gasteiger partial charge in [-0.1, -0.05) is 202 Å². The van der Waals surface area contributed by atoms with Crippen molar-refractivity contribution in [3.05, 3.63) is 248 Å². The summed E-state index contributed by atoms with van der Waals surface area (Å²) >= 11 is 0. The summed E-state index contributed by atoms with van der Waals surface area (Å²) in [6.07, 6.45) is 0. The number of hydrogen-bond donors (Lipinski definition) is 0. The molecule has 1 nitrogen and oxygen atoms in total. The highest BCUT2D eigenvalue weighted by Gasteiger charge is 2.37. The lowest BCUT2D eigenvalue weighted by Crippen LogP contribution is -2.16. The minimum atomic E-state index is -0.514. The van der Waals surface area contributed by atoms with Gasteiger partial charge in [-0.05, 0) is 148 Å². The largest absolute Gasteiger partial charge is 0.311 e. The molecular formula is C63H45N. The van der Waals surface area contributed by atoms with Crippen LogP contribution in [0.15, 0.2) is 236 Å². The van der Waals surface area contributed by atoms with Crippen molar-refractivity contribution in [2.24, 2.45) is 0 Å². The van der Waals surface area contributed by atoms with Crippen LogP contribution in [0.3, 0.4) is 0 Å². The van der Waals surface area contributed by atoms with Crippen molar-refractivity contribution in [1.29, 1.82) is 0 Å². The first-order chi connectivity index (χ1) is 34.8. The second-order valence-corrected chi connectivity index (χ2v) is 17.0. The molecule has 0 saturated carbocycles. The van der Waals surface area contributed by atoms with E-state index in [-0.39, 0.29) is 58.8 Å². The van der Waals surface area contributed by atoms with E-state index in [1.54, 1.807) is 12.1 Å². The van der Waals surface area contributed by atoms with Gasteiger partial charge in [-0.2, -0.15) is 0 Å². The summed E-state index contributed by atoms with van der Waals surface area (Å²) in [5.41, 5.74) is 8.81. The lowest BCUT2D eigenvalue weighted by molar-refractivity contribution is 0.662. The molecule has 0 N–H and O–H groups in total. The zero-order valence-corrected chi connectivity index (χ0v) is 35.3. The molecule has 1 heteroatoms. The van der Waals surface area contributed by atoms with Gasteiger partial charge in [0.2, 0.25) is 0 Å². The molecule has 0 aromatic heterocycles. The van der Waals surface area contributed by atoms with E-state index in [0.29, 0.717) is 16.8 Å². The standard InChI is InChI=1S/C63H45N/c1-63(2)61-27-10-9-23-58(61)59-26-13-25-55(62(59)63)44-30-36-50(37-31-44)64(51-38-32-45(33-39-51)60-41-48-15-4-6-20-54(48)56-21-7-8-22-57(56)60)49-34-28-42(29-35-49)46-17-11-18-47(40-46)53-24-12-16-43-14-3-5-19-52(43)53/h3-41H,1-2H3/i30D,31D,32D,33D,36D,37D,38D,39D. The predicted octanol–water partition coefficient (Wildman–Crippen LogP) is 17.6. The Morgan fingerprint density at radius 1 is 0.328 bits per heavy atom. The number of nitrogens with zero attached hydrogens (tertiary/aromatic N) is 1. The van der Waals surface area contributed by atoms with Crippen molar-refractivity contribution in [2.45, 2.75) is 19.3 Å². The molecule has 11 aromatic carbocycles. The normalized spacial score (nSPS) is 14.4. The van der Waals surface area contributed by atoms with Crippen LogP contribution in [0.25, 0.3) is 88.0 Å². The van der Waals surface area contributed by atoms with E-state index in [0.717, 1.165) is 76.8 Å². The molecule has 302 valence electrons. The Morgan fingerprint density at radius 2 is 0.859 bits per heavy atom. The Bertz CT molecular complexity index is 4000. The molecule has 0 radical (unpaired) electrons. The molecule has 11 aromatic rings. The second kappa shape index (κ2) is 15.1. The summed E-state index contributed by atoms with van der Waals surface area (Å²) in [7, 11) is 0. The van der Waals surface area contributed by atoms with E-state index >= 15 is 0 Å². The maximum absolute atomic E-state index is 9.86. The molecule has 0 heterocycles. The molecule has 0 fully saturated rings. The molecule has 0 spiro atoms. The van der Waals surface area contributed by atoms with Crippen molar-refractivity contribution in [2.75, 3.05) is 4.90 Å². The fourth-order valence-corrected chi connectivity index (χ4v) is 9.94. The van der Waals surface area contributed by atoms with E-state index in [2.05, 4.69) is 68.4 Å². The number of fused-ring (bicyclic) bond motifs is 7. The molecular weight excluding hydrogens is 771 g/mol. The van der Waals surface area contributed by atoms with Crippen LogP contribution < -0.4 is 4.90 Å². The fraction of sp³-hybridized carbons (Fsp3) is 0.0476. The van der Waals surface area contributed by atoms with Crippen molar-refractivity contribution < 1.29 is 11.0 Å². The van der Waals surface area contributed by atoms with Crippen LogP contribution >= 0.6 is 0 Å². The summed E-state index contributed by atoms with van der Waals surface area (Å²) in [4.78, 5) is 1.39. The summed E-state index contributed by atoms with van der Waals surface area (Å²) in [6, 6.07) is 59.0. The molecule has 0 aliphatic heterocycles. The van der Waals surface area contributed by atoms with Gasteiger partial charge in [0.05, 0.1) is 11.0 Å². The Labute approximate surface area is 386 Å². The topological polar surface area (TPSA) is 3.24 Å². The maximum Gasteiger partial charge on any atom is 0.0645 e. The number of benzene rings is 11. The molecule has 0 unspecified atom stereocenters. The van der Waals surface area contributed by atoms with Crippen LogP contribution in [0.2, 0.25) is 0 Å². The number of hydrogen-bond acceptors (Lipinski definition) is 1. The van der Waals surface area contributed by atoms with Gasteiger partial charge in [-0.3, -0.25) is 0 Å². The molecule has 1 aliphatic rings. The minimum absolute atomic E-state index is 0.119. The van der Waals surface area contributed by atoms with Crippen molar-refractivity contribution >= 4 is 49.4 Å². The monoisotopic (exact) mass is 823 g/mol. The van der Waals surface area contributed by atoms with Gasteiger partial charge >= 0.3 is 0 Å². The lowest BCUT2D eigenvalue weighted by Gasteiger charge is -2.27. The smallest absolute Gasteiger partial charge is 0.0645 e. The summed E-state index contributed by atoms with van der Waals surface area (Å²) in [6.45, 7) is 4.23. The van der Waals surface area contributed by atoms with E-state index in [1.165, 1.54) is 4.90 Å². The molecule has 64 heavy (non-hydrogen) atoms. The molecule has 0 bridgehead atoms. The van der Waals surface area contributed by atoms with Crippen molar-refractivity contribution in [1.82, 2.24) is 0 Å². The zero-order valence-electron chi connectivity index (χ0n) is 43.3. The van der Waals surface area contributed by atoms with Crippen molar-refractivity contribution in [3.63, 3.8) is 0 Å². The third kappa shape index (κ3) is 6.23. The van der Waals surface area contributed by atoms with E-state index in [9.17, 15) is 11.0 Å². The molecule has 0 atom stereocenters. The van der Waals surface area contributed by atoms with Gasteiger partial charge in [0.25, 0.3) is 0 Å². The van der Waals surface area contributed by atoms with E-state index < -0.39 is 17.5 Å². The first-order valence-corrected chi connectivity index (χ1v) is 21.7. The first-order valence-electron chi connectivity index (χ1n) is 25.7. The Balaban J connectivity index is 1.06. The van der Waals surface area contributed by atoms with Gasteiger partial charge in [-0.25, -0.2) is 0 Å². The van der Waals surface area contributed by atoms with Gasteiger partial charge < -0.3 is 4.90 Å². The number of rotatable bonds is 7. The molecule has 1 aliphatic carbocycles. The van der Waals surface area contributed by atoms with Crippen LogP contribution in [-0.4, -0.2) is 0 Å². The minimum Gasteiger partial charge on any atom is -0.311 e. The first kappa shape index (κ1) is 30.1. The van der Waals surface area contributed by atoms with E-state index in [4.69, 9.17) is 0 Å². The van der Waals surface area contributed by atoms with Gasteiger partial charge in [0.15, 0.2) is 0 Å². The van der Waals surface area contributed by atoms with Gasteiger partial charge in [-0.15, -0.1) is 0 Å². The third-order valence-electron chi connectivity index (χ3n) is 13.0. The predicted molar refractivity (Wildman–Crippen MR) is 273 cm³/mol. The quantitative estimate of drug-likeness (QED) is 0.145. The van der Waals surface area contributed by atoms with Crippen LogP contribution in [0, 0.1) is 0 Å². The van der Waals surface area contributed by atoms with Crippen LogP contribution in [0.1, 0.15) is 35.9 Å². The molecule has 0 saturated heterocycles. The maximum atomic E-state index is 9.86. The van der Waals surface area contributed by atoms with Crippen LogP contribution in [0.5, 0.6) is 0 Å². The summed E-state index contributed by atoms with van der Waals surface area (Å²) in [5.74, 6) is 0. The second-order valence-electron chi connectivity index (χ2n) is 17.0. The summed E-state index contributed by atoms with van der Waals surface area (Å²) < 4.78 is 78.3. The molecule has 12 rings (SSSR count). The Hall–Kier alpha value is -8.00. The average molecular weight is 824 g/mol. The Morgan fingerprint density at radius 3 is 1.62 bits per heavy atom. The zero-order chi connectivity index (χ0) is 49.7. The SMILES string of the molecule is [2H]c1c([2H])c(N(c2ccc(-c3cccc(-c4cccc5ccccc45)c3)cc2)c2c([2H])c([2H])c(-c3cc4ccccc4c4ccccc34)c([2H])c2[2H])c([2H])c([2H])c1-c1cccc2c1C(C)(C)c1ccccc1-2. The van der Waals surface area contributed by atoms with E-state index in [1.807, 2.05) is 121 Å². The highest BCUT2D eigenvalue weighted by atomic mass is 15.1. The fourth-order valence-electron chi connectivity index (χ4n) is 9.94. The third-order valence-corrected chi connectivity index (χ3v) is 13.0. The molecule has 0 amide bonds. The Kier molecular flexibility index (Phi) is 7.11. The van der Waals surface area contributed by atoms with Crippen molar-refractivity contribution in [3.8, 4) is 55.6 Å². The highest BCUT2D eigenvalue weighted by molar-refractivity contribution is 6.13. The van der Waals surface area contributed by atoms with Crippen LogP contribution in [0.4, 0.5) is 17.1 Å². The number of anilines is 3. The van der Waals surface area contributed by atoms with Gasteiger partial charge in [0, 0.05) is 22.5 Å². The highest BCUT2D eigenvalue weighted by Crippen LogP contribution is 2.52.